The molecule has 0 saturated carbocycles. The van der Waals surface area contributed by atoms with Crippen molar-refractivity contribution in [3.05, 3.63) is 90.4 Å². The second kappa shape index (κ2) is 11.3. The number of hydrogen-bond donors (Lipinski definition) is 0. The molecular formula is C27H26N2O7. The van der Waals surface area contributed by atoms with Crippen molar-refractivity contribution in [2.24, 2.45) is 5.10 Å². The molecule has 186 valence electrons. The lowest BCUT2D eigenvalue weighted by Crippen LogP contribution is -2.31. The summed E-state index contributed by atoms with van der Waals surface area (Å²) >= 11 is 0. The topological polar surface area (TPSA) is 99.8 Å². The van der Waals surface area contributed by atoms with Crippen molar-refractivity contribution in [3.8, 4) is 17.2 Å². The van der Waals surface area contributed by atoms with Crippen LogP contribution >= 0.6 is 0 Å². The Bertz CT molecular complexity index is 1250. The number of amides is 1. The first-order valence-corrected chi connectivity index (χ1v) is 11.2. The van der Waals surface area contributed by atoms with Crippen LogP contribution < -0.4 is 14.2 Å². The van der Waals surface area contributed by atoms with E-state index in [1.54, 1.807) is 37.6 Å². The Kier molecular flexibility index (Phi) is 7.69. The van der Waals surface area contributed by atoms with Gasteiger partial charge in [0.05, 0.1) is 31.8 Å². The van der Waals surface area contributed by atoms with Gasteiger partial charge in [0.1, 0.15) is 24.2 Å². The number of ether oxygens (including phenoxy) is 4. The molecule has 9 nitrogen and oxygen atoms in total. The van der Waals surface area contributed by atoms with E-state index in [0.29, 0.717) is 36.0 Å². The Balaban J connectivity index is 1.47. The normalized spacial score (nSPS) is 14.7. The molecule has 3 aromatic rings. The minimum absolute atomic E-state index is 0.219. The van der Waals surface area contributed by atoms with Gasteiger partial charge < -0.3 is 23.4 Å². The molecule has 0 spiro atoms. The van der Waals surface area contributed by atoms with Gasteiger partial charge >= 0.3 is 5.97 Å². The monoisotopic (exact) mass is 490 g/mol. The zero-order chi connectivity index (χ0) is 25.5. The van der Waals surface area contributed by atoms with Crippen LogP contribution in [0.5, 0.6) is 17.2 Å². The molecule has 1 atom stereocenters. The lowest BCUT2D eigenvalue weighted by molar-refractivity contribution is -0.136. The van der Waals surface area contributed by atoms with Crippen LogP contribution in [-0.4, -0.2) is 50.0 Å². The zero-order valence-corrected chi connectivity index (χ0v) is 20.0. The van der Waals surface area contributed by atoms with Crippen molar-refractivity contribution in [1.29, 1.82) is 0 Å². The van der Waals surface area contributed by atoms with Gasteiger partial charge in [-0.2, -0.15) is 5.10 Å². The number of nitrogens with zero attached hydrogens (tertiary/aromatic N) is 2. The molecule has 0 radical (unpaired) electrons. The third-order valence-electron chi connectivity index (χ3n) is 5.54. The van der Waals surface area contributed by atoms with E-state index in [2.05, 4.69) is 11.7 Å². The Morgan fingerprint density at radius 3 is 2.58 bits per heavy atom. The highest BCUT2D eigenvalue weighted by atomic mass is 16.5. The number of methoxy groups -OCH3 is 2. The molecule has 1 amide bonds. The van der Waals surface area contributed by atoms with Crippen LogP contribution in [0.15, 0.2) is 83.0 Å². The van der Waals surface area contributed by atoms with Gasteiger partial charge in [0.15, 0.2) is 18.1 Å². The molecule has 1 aliphatic heterocycles. The van der Waals surface area contributed by atoms with Gasteiger partial charge in [-0.05, 0) is 60.2 Å². The summed E-state index contributed by atoms with van der Waals surface area (Å²) < 4.78 is 26.8. The molecule has 1 unspecified atom stereocenters. The number of carbonyl (C=O) groups is 2. The summed E-state index contributed by atoms with van der Waals surface area (Å²) in [6, 6.07) is 15.1. The van der Waals surface area contributed by atoms with Crippen molar-refractivity contribution >= 4 is 17.6 Å². The molecule has 0 fully saturated rings. The highest BCUT2D eigenvalue weighted by Gasteiger charge is 2.35. The molecule has 2 aromatic carbocycles. The van der Waals surface area contributed by atoms with Gasteiger partial charge in [-0.25, -0.2) is 9.80 Å². The summed E-state index contributed by atoms with van der Waals surface area (Å²) in [5.41, 5.74) is 1.78. The van der Waals surface area contributed by atoms with E-state index in [4.69, 9.17) is 23.4 Å². The fourth-order valence-corrected chi connectivity index (χ4v) is 3.74. The van der Waals surface area contributed by atoms with Crippen LogP contribution in [0.1, 0.15) is 34.1 Å². The molecular weight excluding hydrogens is 464 g/mol. The van der Waals surface area contributed by atoms with E-state index in [9.17, 15) is 9.59 Å². The molecule has 36 heavy (non-hydrogen) atoms. The molecule has 1 aliphatic rings. The predicted octanol–water partition coefficient (Wildman–Crippen LogP) is 4.40. The van der Waals surface area contributed by atoms with Crippen LogP contribution in [-0.2, 0) is 9.53 Å². The summed E-state index contributed by atoms with van der Waals surface area (Å²) in [5, 5.41) is 5.84. The number of hydrogen-bond acceptors (Lipinski definition) is 8. The molecule has 1 aromatic heterocycles. The number of rotatable bonds is 10. The number of carbonyl (C=O) groups excluding carboxylic acids is 2. The number of esters is 1. The summed E-state index contributed by atoms with van der Waals surface area (Å²) in [6.45, 7) is 3.40. The van der Waals surface area contributed by atoms with Gasteiger partial charge in [0, 0.05) is 6.42 Å². The van der Waals surface area contributed by atoms with Gasteiger partial charge in [-0.15, -0.1) is 0 Å². The lowest BCUT2D eigenvalue weighted by Gasteiger charge is -2.19. The van der Waals surface area contributed by atoms with E-state index in [0.717, 1.165) is 11.3 Å². The summed E-state index contributed by atoms with van der Waals surface area (Å²) in [5.74, 6) is 0.974. The number of hydrazone groups is 1. The van der Waals surface area contributed by atoms with E-state index in [1.807, 2.05) is 24.3 Å². The second-order valence-electron chi connectivity index (χ2n) is 7.79. The summed E-state index contributed by atoms with van der Waals surface area (Å²) in [6.07, 6.45) is 3.59. The van der Waals surface area contributed by atoms with Gasteiger partial charge in [-0.3, -0.25) is 4.79 Å². The van der Waals surface area contributed by atoms with Crippen molar-refractivity contribution in [2.45, 2.75) is 12.5 Å². The Hall–Kier alpha value is -4.53. The molecule has 2 heterocycles. The van der Waals surface area contributed by atoms with Crippen LogP contribution in [0.4, 0.5) is 0 Å². The maximum Gasteiger partial charge on any atom is 0.338 e. The second-order valence-corrected chi connectivity index (χ2v) is 7.79. The van der Waals surface area contributed by atoms with Gasteiger partial charge in [0.2, 0.25) is 0 Å². The standard InChI is InChI=1S/C27H26N2O7/c1-4-13-34-24-12-9-19(15-25(24)33-3)27(31)36-17-26(30)29-22(23-6-5-14-35-23)16-21(28-29)18-7-10-20(32-2)11-8-18/h4-12,14-15,22H,1,13,16-17H2,2-3H3. The summed E-state index contributed by atoms with van der Waals surface area (Å²) in [4.78, 5) is 25.7. The van der Waals surface area contributed by atoms with E-state index in [1.165, 1.54) is 24.3 Å². The molecule has 0 aliphatic carbocycles. The van der Waals surface area contributed by atoms with E-state index in [-0.39, 0.29) is 5.56 Å². The average Bonchev–Trinajstić information content (AvgIpc) is 3.61. The quantitative estimate of drug-likeness (QED) is 0.307. The maximum absolute atomic E-state index is 13.1. The van der Waals surface area contributed by atoms with Gasteiger partial charge in [0.25, 0.3) is 5.91 Å². The molecule has 0 bridgehead atoms. The fourth-order valence-electron chi connectivity index (χ4n) is 3.74. The van der Waals surface area contributed by atoms with E-state index < -0.39 is 24.5 Å². The number of furan rings is 1. The first-order chi connectivity index (χ1) is 17.5. The van der Waals surface area contributed by atoms with E-state index >= 15 is 0 Å². The highest BCUT2D eigenvalue weighted by molar-refractivity contribution is 6.03. The smallest absolute Gasteiger partial charge is 0.338 e. The molecule has 0 N–H and O–H groups in total. The third-order valence-corrected chi connectivity index (χ3v) is 5.54. The number of benzene rings is 2. The van der Waals surface area contributed by atoms with Crippen molar-refractivity contribution in [2.75, 3.05) is 27.4 Å². The Labute approximate surface area is 208 Å². The largest absolute Gasteiger partial charge is 0.497 e. The first kappa shape index (κ1) is 24.6. The highest BCUT2D eigenvalue weighted by Crippen LogP contribution is 2.33. The Morgan fingerprint density at radius 2 is 1.92 bits per heavy atom. The minimum atomic E-state index is -0.676. The molecule has 0 saturated heterocycles. The molecule has 9 heteroatoms. The first-order valence-electron chi connectivity index (χ1n) is 11.2. The van der Waals surface area contributed by atoms with Gasteiger partial charge in [-0.1, -0.05) is 12.7 Å². The summed E-state index contributed by atoms with van der Waals surface area (Å²) in [7, 11) is 3.06. The van der Waals surface area contributed by atoms with Crippen LogP contribution in [0.2, 0.25) is 0 Å². The zero-order valence-electron chi connectivity index (χ0n) is 20.0. The Morgan fingerprint density at radius 1 is 1.11 bits per heavy atom. The average molecular weight is 491 g/mol. The van der Waals surface area contributed by atoms with Crippen molar-refractivity contribution in [3.63, 3.8) is 0 Å². The maximum atomic E-state index is 13.1. The fraction of sp³-hybridized carbons (Fsp3) is 0.222. The third kappa shape index (κ3) is 5.41. The predicted molar refractivity (Wildman–Crippen MR) is 131 cm³/mol. The lowest BCUT2D eigenvalue weighted by atomic mass is 10.0. The van der Waals surface area contributed by atoms with Crippen LogP contribution in [0.3, 0.4) is 0 Å². The molecule has 4 rings (SSSR count). The van der Waals surface area contributed by atoms with Crippen molar-refractivity contribution in [1.82, 2.24) is 5.01 Å². The van der Waals surface area contributed by atoms with Crippen LogP contribution in [0, 0.1) is 0 Å². The SMILES string of the molecule is C=CCOc1ccc(C(=O)OCC(=O)N2N=C(c3ccc(OC)cc3)CC2c2ccco2)cc1OC. The van der Waals surface area contributed by atoms with Crippen molar-refractivity contribution < 1.29 is 33.0 Å². The minimum Gasteiger partial charge on any atom is -0.497 e. The van der Waals surface area contributed by atoms with Crippen LogP contribution in [0.25, 0.3) is 0 Å².